The number of likely N-dealkylation sites (tertiary alicyclic amines) is 1. The zero-order valence-electron chi connectivity index (χ0n) is 10.5. The Morgan fingerprint density at radius 2 is 2.12 bits per heavy atom. The van der Waals surface area contributed by atoms with Crippen molar-refractivity contribution in [2.24, 2.45) is 5.92 Å². The molecule has 16 heavy (non-hydrogen) atoms. The number of piperidine rings is 1. The molecule has 0 spiro atoms. The lowest BCUT2D eigenvalue weighted by atomic mass is 10.00. The van der Waals surface area contributed by atoms with E-state index in [0.717, 1.165) is 32.1 Å². The zero-order valence-corrected chi connectivity index (χ0v) is 12.0. The van der Waals surface area contributed by atoms with Crippen LogP contribution in [0, 0.1) is 5.92 Å². The van der Waals surface area contributed by atoms with Crippen LogP contribution in [0.4, 0.5) is 0 Å². The van der Waals surface area contributed by atoms with Crippen LogP contribution in [0.15, 0.2) is 0 Å². The van der Waals surface area contributed by atoms with Gasteiger partial charge in [0.1, 0.15) is 0 Å². The van der Waals surface area contributed by atoms with Gasteiger partial charge in [0.15, 0.2) is 0 Å². The Hall–Kier alpha value is 0.360. The molecule has 0 saturated carbocycles. The predicted octanol–water partition coefficient (Wildman–Crippen LogP) is 2.14. The van der Waals surface area contributed by atoms with Crippen molar-refractivity contribution >= 4 is 15.9 Å². The topological polar surface area (TPSA) is 21.7 Å². The van der Waals surface area contributed by atoms with Crippen LogP contribution in [0.5, 0.6) is 0 Å². The fourth-order valence-corrected chi connectivity index (χ4v) is 2.41. The van der Waals surface area contributed by atoms with Crippen LogP contribution in [-0.4, -0.2) is 56.3 Å². The Kier molecular flexibility index (Phi) is 7.62. The fraction of sp³-hybridized carbons (Fsp3) is 1.00. The third kappa shape index (κ3) is 5.62. The SMILES string of the molecule is COCCOCCCN1CCC(Br)C(C)C1. The van der Waals surface area contributed by atoms with E-state index in [1.807, 2.05) is 0 Å². The van der Waals surface area contributed by atoms with Crippen LogP contribution in [-0.2, 0) is 9.47 Å². The summed E-state index contributed by atoms with van der Waals surface area (Å²) in [4.78, 5) is 3.25. The molecule has 0 aromatic heterocycles. The summed E-state index contributed by atoms with van der Waals surface area (Å²) in [5.74, 6) is 0.767. The van der Waals surface area contributed by atoms with Gasteiger partial charge in [-0.2, -0.15) is 0 Å². The summed E-state index contributed by atoms with van der Waals surface area (Å²) in [6.07, 6.45) is 2.40. The van der Waals surface area contributed by atoms with Crippen LogP contribution < -0.4 is 0 Å². The molecule has 4 heteroatoms. The average Bonchev–Trinajstić information content (AvgIpc) is 2.28. The minimum absolute atomic E-state index is 0.700. The van der Waals surface area contributed by atoms with Gasteiger partial charge in [-0.1, -0.05) is 22.9 Å². The molecule has 2 unspecified atom stereocenters. The van der Waals surface area contributed by atoms with Gasteiger partial charge in [-0.3, -0.25) is 0 Å². The molecule has 0 radical (unpaired) electrons. The third-order valence-corrected chi connectivity index (χ3v) is 4.44. The molecule has 1 fully saturated rings. The Morgan fingerprint density at radius 1 is 1.31 bits per heavy atom. The van der Waals surface area contributed by atoms with Gasteiger partial charge in [-0.05, 0) is 25.3 Å². The standard InChI is InChI=1S/C12H24BrNO2/c1-11-10-14(6-4-12(11)13)5-3-7-16-9-8-15-2/h11-12H,3-10H2,1-2H3. The van der Waals surface area contributed by atoms with E-state index < -0.39 is 0 Å². The molecule has 1 heterocycles. The molecule has 0 aromatic carbocycles. The minimum Gasteiger partial charge on any atom is -0.382 e. The van der Waals surface area contributed by atoms with Gasteiger partial charge in [0.25, 0.3) is 0 Å². The first-order valence-electron chi connectivity index (χ1n) is 6.17. The lowest BCUT2D eigenvalue weighted by Gasteiger charge is -2.34. The minimum atomic E-state index is 0.700. The van der Waals surface area contributed by atoms with Gasteiger partial charge in [0.2, 0.25) is 0 Å². The van der Waals surface area contributed by atoms with Gasteiger partial charge in [-0.25, -0.2) is 0 Å². The van der Waals surface area contributed by atoms with Crippen molar-refractivity contribution in [3.63, 3.8) is 0 Å². The summed E-state index contributed by atoms with van der Waals surface area (Å²) in [6, 6.07) is 0. The van der Waals surface area contributed by atoms with Crippen molar-refractivity contribution in [2.75, 3.05) is 46.6 Å². The Morgan fingerprint density at radius 3 is 2.81 bits per heavy atom. The smallest absolute Gasteiger partial charge is 0.0700 e. The van der Waals surface area contributed by atoms with E-state index in [0.29, 0.717) is 11.4 Å². The monoisotopic (exact) mass is 293 g/mol. The molecule has 0 aliphatic carbocycles. The maximum Gasteiger partial charge on any atom is 0.0700 e. The first-order valence-corrected chi connectivity index (χ1v) is 7.08. The fourth-order valence-electron chi connectivity index (χ4n) is 2.04. The van der Waals surface area contributed by atoms with Crippen molar-refractivity contribution in [1.29, 1.82) is 0 Å². The Bertz CT molecular complexity index is 180. The summed E-state index contributed by atoms with van der Waals surface area (Å²) in [7, 11) is 1.70. The number of halogens is 1. The average molecular weight is 294 g/mol. The molecule has 3 nitrogen and oxygen atoms in total. The van der Waals surface area contributed by atoms with Gasteiger partial charge >= 0.3 is 0 Å². The number of hydrogen-bond acceptors (Lipinski definition) is 3. The highest BCUT2D eigenvalue weighted by Crippen LogP contribution is 2.23. The second-order valence-corrected chi connectivity index (χ2v) is 5.72. The van der Waals surface area contributed by atoms with Gasteiger partial charge in [0, 0.05) is 31.6 Å². The van der Waals surface area contributed by atoms with Crippen molar-refractivity contribution < 1.29 is 9.47 Å². The molecule has 2 atom stereocenters. The molecular weight excluding hydrogens is 270 g/mol. The Balaban J connectivity index is 1.97. The van der Waals surface area contributed by atoms with E-state index >= 15 is 0 Å². The van der Waals surface area contributed by atoms with Crippen LogP contribution in [0.1, 0.15) is 19.8 Å². The van der Waals surface area contributed by atoms with Crippen molar-refractivity contribution in [2.45, 2.75) is 24.6 Å². The molecule has 1 saturated heterocycles. The highest BCUT2D eigenvalue weighted by atomic mass is 79.9. The van der Waals surface area contributed by atoms with E-state index in [-0.39, 0.29) is 0 Å². The number of rotatable bonds is 7. The molecule has 1 aliphatic rings. The second-order valence-electron chi connectivity index (χ2n) is 4.54. The van der Waals surface area contributed by atoms with E-state index in [2.05, 4.69) is 27.8 Å². The van der Waals surface area contributed by atoms with E-state index in [9.17, 15) is 0 Å². The maximum atomic E-state index is 5.45. The first-order chi connectivity index (χ1) is 7.74. The van der Waals surface area contributed by atoms with Crippen LogP contribution in [0.3, 0.4) is 0 Å². The number of hydrogen-bond donors (Lipinski definition) is 0. The van der Waals surface area contributed by atoms with Gasteiger partial charge in [0.05, 0.1) is 13.2 Å². The lowest BCUT2D eigenvalue weighted by Crippen LogP contribution is -2.40. The molecule has 1 aliphatic heterocycles. The third-order valence-electron chi connectivity index (χ3n) is 3.08. The molecule has 0 bridgehead atoms. The van der Waals surface area contributed by atoms with Crippen molar-refractivity contribution in [1.82, 2.24) is 4.90 Å². The number of methoxy groups -OCH3 is 1. The zero-order chi connectivity index (χ0) is 11.8. The summed E-state index contributed by atoms with van der Waals surface area (Å²) in [5, 5.41) is 0. The number of alkyl halides is 1. The highest BCUT2D eigenvalue weighted by molar-refractivity contribution is 9.09. The van der Waals surface area contributed by atoms with Crippen LogP contribution in [0.25, 0.3) is 0 Å². The summed E-state index contributed by atoms with van der Waals surface area (Å²) in [6.45, 7) is 8.19. The normalized spacial score (nSPS) is 27.2. The van der Waals surface area contributed by atoms with E-state index in [4.69, 9.17) is 9.47 Å². The molecule has 96 valence electrons. The molecule has 0 N–H and O–H groups in total. The second kappa shape index (κ2) is 8.45. The van der Waals surface area contributed by atoms with E-state index in [1.165, 1.54) is 19.5 Å². The molecular formula is C12H24BrNO2. The lowest BCUT2D eigenvalue weighted by molar-refractivity contribution is 0.0630. The maximum absolute atomic E-state index is 5.45. The predicted molar refractivity (Wildman–Crippen MR) is 70.2 cm³/mol. The molecule has 0 aromatic rings. The highest BCUT2D eigenvalue weighted by Gasteiger charge is 2.23. The van der Waals surface area contributed by atoms with Crippen molar-refractivity contribution in [3.05, 3.63) is 0 Å². The van der Waals surface area contributed by atoms with E-state index in [1.54, 1.807) is 7.11 Å². The molecule has 0 amide bonds. The Labute approximate surface area is 108 Å². The number of ether oxygens (including phenoxy) is 2. The van der Waals surface area contributed by atoms with Crippen LogP contribution >= 0.6 is 15.9 Å². The van der Waals surface area contributed by atoms with Gasteiger partial charge in [-0.15, -0.1) is 0 Å². The summed E-state index contributed by atoms with van der Waals surface area (Å²) in [5.41, 5.74) is 0. The summed E-state index contributed by atoms with van der Waals surface area (Å²) < 4.78 is 10.4. The van der Waals surface area contributed by atoms with Crippen molar-refractivity contribution in [3.8, 4) is 0 Å². The summed E-state index contributed by atoms with van der Waals surface area (Å²) >= 11 is 3.73. The largest absolute Gasteiger partial charge is 0.382 e. The number of nitrogens with zero attached hydrogens (tertiary/aromatic N) is 1. The molecule has 1 rings (SSSR count). The van der Waals surface area contributed by atoms with Gasteiger partial charge < -0.3 is 14.4 Å². The quantitative estimate of drug-likeness (QED) is 0.530. The first kappa shape index (κ1) is 14.4. The van der Waals surface area contributed by atoms with Crippen LogP contribution in [0.2, 0.25) is 0 Å².